The van der Waals surface area contributed by atoms with Crippen molar-refractivity contribution >= 4 is 5.91 Å². The van der Waals surface area contributed by atoms with Crippen LogP contribution in [0.1, 0.15) is 43.7 Å². The van der Waals surface area contributed by atoms with Crippen LogP contribution in [0.5, 0.6) is 11.5 Å². The van der Waals surface area contributed by atoms with E-state index in [2.05, 4.69) is 29.3 Å². The zero-order valence-electron chi connectivity index (χ0n) is 17.9. The second kappa shape index (κ2) is 9.43. The van der Waals surface area contributed by atoms with Gasteiger partial charge in [-0.1, -0.05) is 31.1 Å². The topological polar surface area (TPSA) is 86.5 Å². The monoisotopic (exact) mass is 409 g/mol. The molecule has 1 N–H and O–H groups in total. The Morgan fingerprint density at radius 3 is 2.53 bits per heavy atom. The molecule has 3 rings (SSSR count). The number of rotatable bonds is 8. The summed E-state index contributed by atoms with van der Waals surface area (Å²) in [5.41, 5.74) is 2.95. The van der Waals surface area contributed by atoms with E-state index < -0.39 is 6.10 Å². The van der Waals surface area contributed by atoms with E-state index in [1.165, 1.54) is 0 Å². The molecule has 1 atom stereocenters. The fourth-order valence-corrected chi connectivity index (χ4v) is 2.96. The molecule has 0 aliphatic carbocycles. The van der Waals surface area contributed by atoms with Gasteiger partial charge in [0.2, 0.25) is 11.7 Å². The van der Waals surface area contributed by atoms with Crippen molar-refractivity contribution in [2.24, 2.45) is 0 Å². The van der Waals surface area contributed by atoms with E-state index in [9.17, 15) is 4.79 Å². The highest BCUT2D eigenvalue weighted by atomic mass is 16.5. The number of aromatic nitrogens is 2. The molecule has 0 aliphatic heterocycles. The molecule has 0 unspecified atom stereocenters. The van der Waals surface area contributed by atoms with E-state index in [0.29, 0.717) is 17.6 Å². The molecule has 158 valence electrons. The summed E-state index contributed by atoms with van der Waals surface area (Å²) in [6.07, 6.45) is -0.659. The van der Waals surface area contributed by atoms with E-state index in [4.69, 9.17) is 14.0 Å². The SMILES string of the molecule is COc1ccc(-c2noc(CNC(=O)[C@H](C)Oc3cc(C)ccc3C(C)C)n2)cc1. The van der Waals surface area contributed by atoms with Gasteiger partial charge in [0, 0.05) is 5.56 Å². The molecule has 7 heteroatoms. The van der Waals surface area contributed by atoms with Crippen LogP contribution in [-0.2, 0) is 11.3 Å². The van der Waals surface area contributed by atoms with Crippen molar-refractivity contribution in [3.8, 4) is 22.9 Å². The lowest BCUT2D eigenvalue weighted by atomic mass is 10.0. The number of hydrogen-bond acceptors (Lipinski definition) is 6. The highest BCUT2D eigenvalue weighted by Gasteiger charge is 2.18. The van der Waals surface area contributed by atoms with Crippen LogP contribution in [0.4, 0.5) is 0 Å². The van der Waals surface area contributed by atoms with Gasteiger partial charge < -0.3 is 19.3 Å². The third-order valence-corrected chi connectivity index (χ3v) is 4.69. The Morgan fingerprint density at radius 2 is 1.87 bits per heavy atom. The van der Waals surface area contributed by atoms with Gasteiger partial charge >= 0.3 is 0 Å². The minimum Gasteiger partial charge on any atom is -0.497 e. The van der Waals surface area contributed by atoms with Gasteiger partial charge in [-0.05, 0) is 61.2 Å². The van der Waals surface area contributed by atoms with Gasteiger partial charge in [0.1, 0.15) is 11.5 Å². The maximum absolute atomic E-state index is 12.5. The fourth-order valence-electron chi connectivity index (χ4n) is 2.96. The van der Waals surface area contributed by atoms with Gasteiger partial charge in [-0.25, -0.2) is 0 Å². The van der Waals surface area contributed by atoms with Crippen molar-refractivity contribution in [1.82, 2.24) is 15.5 Å². The third-order valence-electron chi connectivity index (χ3n) is 4.69. The molecule has 0 fully saturated rings. The summed E-state index contributed by atoms with van der Waals surface area (Å²) in [7, 11) is 1.61. The molecular formula is C23H27N3O4. The second-order valence-electron chi connectivity index (χ2n) is 7.41. The largest absolute Gasteiger partial charge is 0.497 e. The molecule has 0 spiro atoms. The molecule has 1 heterocycles. The van der Waals surface area contributed by atoms with Crippen molar-refractivity contribution in [2.45, 2.75) is 46.3 Å². The number of nitrogens with zero attached hydrogens (tertiary/aromatic N) is 2. The molecule has 7 nitrogen and oxygen atoms in total. The van der Waals surface area contributed by atoms with Crippen LogP contribution >= 0.6 is 0 Å². The number of ether oxygens (including phenoxy) is 2. The molecule has 30 heavy (non-hydrogen) atoms. The van der Waals surface area contributed by atoms with Crippen LogP contribution in [0.15, 0.2) is 47.0 Å². The smallest absolute Gasteiger partial charge is 0.261 e. The molecule has 0 saturated carbocycles. The number of methoxy groups -OCH3 is 1. The van der Waals surface area contributed by atoms with Crippen LogP contribution in [-0.4, -0.2) is 29.3 Å². The van der Waals surface area contributed by atoms with Crippen molar-refractivity contribution < 1.29 is 18.8 Å². The molecule has 1 amide bonds. The number of nitrogens with one attached hydrogen (secondary N) is 1. The zero-order chi connectivity index (χ0) is 21.7. The Morgan fingerprint density at radius 1 is 1.13 bits per heavy atom. The van der Waals surface area contributed by atoms with E-state index >= 15 is 0 Å². The Hall–Kier alpha value is -3.35. The molecule has 0 radical (unpaired) electrons. The summed E-state index contributed by atoms with van der Waals surface area (Å²) in [4.78, 5) is 16.8. The average molecular weight is 409 g/mol. The summed E-state index contributed by atoms with van der Waals surface area (Å²) < 4.78 is 16.3. The van der Waals surface area contributed by atoms with E-state index in [-0.39, 0.29) is 12.5 Å². The Labute approximate surface area is 176 Å². The predicted molar refractivity (Wildman–Crippen MR) is 113 cm³/mol. The number of carbonyl (C=O) groups is 1. The lowest BCUT2D eigenvalue weighted by Gasteiger charge is -2.19. The average Bonchev–Trinajstić information content (AvgIpc) is 3.21. The Balaban J connectivity index is 1.59. The van der Waals surface area contributed by atoms with Crippen molar-refractivity contribution in [1.29, 1.82) is 0 Å². The molecular weight excluding hydrogens is 382 g/mol. The summed E-state index contributed by atoms with van der Waals surface area (Å²) >= 11 is 0. The Kier molecular flexibility index (Phi) is 6.72. The Bertz CT molecular complexity index is 996. The van der Waals surface area contributed by atoms with E-state index in [1.807, 2.05) is 49.4 Å². The second-order valence-corrected chi connectivity index (χ2v) is 7.41. The van der Waals surface area contributed by atoms with Crippen LogP contribution < -0.4 is 14.8 Å². The van der Waals surface area contributed by atoms with Gasteiger partial charge in [0.15, 0.2) is 6.10 Å². The van der Waals surface area contributed by atoms with Crippen LogP contribution in [0, 0.1) is 6.92 Å². The van der Waals surface area contributed by atoms with E-state index in [0.717, 1.165) is 28.2 Å². The highest BCUT2D eigenvalue weighted by Crippen LogP contribution is 2.28. The van der Waals surface area contributed by atoms with Crippen molar-refractivity contribution in [2.75, 3.05) is 7.11 Å². The first-order valence-electron chi connectivity index (χ1n) is 9.89. The zero-order valence-corrected chi connectivity index (χ0v) is 17.9. The lowest BCUT2D eigenvalue weighted by molar-refractivity contribution is -0.127. The van der Waals surface area contributed by atoms with Gasteiger partial charge in [0.05, 0.1) is 13.7 Å². The fraction of sp³-hybridized carbons (Fsp3) is 0.348. The van der Waals surface area contributed by atoms with Crippen LogP contribution in [0.3, 0.4) is 0 Å². The van der Waals surface area contributed by atoms with Gasteiger partial charge in [0.25, 0.3) is 5.91 Å². The number of carbonyl (C=O) groups excluding carboxylic acids is 1. The molecule has 3 aromatic rings. The molecule has 0 bridgehead atoms. The number of benzene rings is 2. The van der Waals surface area contributed by atoms with E-state index in [1.54, 1.807) is 14.0 Å². The number of aryl methyl sites for hydroxylation is 1. The number of amides is 1. The standard InChI is InChI=1S/C23H27N3O4/c1-14(2)19-11-6-15(3)12-20(19)29-16(4)23(27)24-13-21-25-22(26-30-21)17-7-9-18(28-5)10-8-17/h6-12,14,16H,13H2,1-5H3,(H,24,27)/t16-/m0/s1. The minimum atomic E-state index is -0.659. The number of hydrogen-bond donors (Lipinski definition) is 1. The maximum Gasteiger partial charge on any atom is 0.261 e. The normalized spacial score (nSPS) is 11.9. The van der Waals surface area contributed by atoms with Gasteiger partial charge in [-0.2, -0.15) is 4.98 Å². The first-order chi connectivity index (χ1) is 14.4. The quantitative estimate of drug-likeness (QED) is 0.598. The van der Waals surface area contributed by atoms with Crippen LogP contribution in [0.25, 0.3) is 11.4 Å². The lowest BCUT2D eigenvalue weighted by Crippen LogP contribution is -2.36. The summed E-state index contributed by atoms with van der Waals surface area (Å²) in [5, 5.41) is 6.75. The summed E-state index contributed by atoms with van der Waals surface area (Å²) in [6, 6.07) is 13.4. The summed E-state index contributed by atoms with van der Waals surface area (Å²) in [6.45, 7) is 8.03. The molecule has 0 saturated heterocycles. The van der Waals surface area contributed by atoms with Crippen LogP contribution in [0.2, 0.25) is 0 Å². The molecule has 0 aliphatic rings. The predicted octanol–water partition coefficient (Wildman–Crippen LogP) is 4.26. The first-order valence-corrected chi connectivity index (χ1v) is 9.89. The van der Waals surface area contributed by atoms with Gasteiger partial charge in [-0.15, -0.1) is 0 Å². The van der Waals surface area contributed by atoms with Crippen molar-refractivity contribution in [3.63, 3.8) is 0 Å². The highest BCUT2D eigenvalue weighted by molar-refractivity contribution is 5.80. The molecule has 2 aromatic carbocycles. The van der Waals surface area contributed by atoms with Crippen molar-refractivity contribution in [3.05, 3.63) is 59.5 Å². The summed E-state index contributed by atoms with van der Waals surface area (Å²) in [5.74, 6) is 2.29. The van der Waals surface area contributed by atoms with Gasteiger partial charge in [-0.3, -0.25) is 4.79 Å². The first kappa shape index (κ1) is 21.4. The molecule has 1 aromatic heterocycles. The third kappa shape index (κ3) is 5.17. The maximum atomic E-state index is 12.5. The minimum absolute atomic E-state index is 0.126.